The van der Waals surface area contributed by atoms with E-state index in [9.17, 15) is 9.59 Å². The van der Waals surface area contributed by atoms with Crippen LogP contribution >= 0.6 is 0 Å². The Balaban J connectivity index is 0.000000454. The molecule has 2 aliphatic heterocycles. The van der Waals surface area contributed by atoms with Crippen LogP contribution in [0.4, 0.5) is 0 Å². The predicted octanol–water partition coefficient (Wildman–Crippen LogP) is 1.77. The van der Waals surface area contributed by atoms with Crippen molar-refractivity contribution in [2.75, 3.05) is 26.4 Å². The van der Waals surface area contributed by atoms with Gasteiger partial charge < -0.3 is 9.47 Å². The van der Waals surface area contributed by atoms with Gasteiger partial charge in [-0.15, -0.1) is 0 Å². The minimum atomic E-state index is -0.221. The number of epoxide rings is 1. The summed E-state index contributed by atoms with van der Waals surface area (Å²) in [6.07, 6.45) is 5.12. The summed E-state index contributed by atoms with van der Waals surface area (Å²) in [6.45, 7) is 6.76. The SMILES string of the molecule is C.CCC1CO1.CCOCCCN1C(=O)C=CC1=O. The van der Waals surface area contributed by atoms with Crippen LogP contribution in [0, 0.1) is 0 Å². The molecule has 5 heteroatoms. The normalized spacial score (nSPS) is 19.9. The lowest BCUT2D eigenvalue weighted by Crippen LogP contribution is -2.31. The van der Waals surface area contributed by atoms with Crippen molar-refractivity contribution in [3.05, 3.63) is 12.2 Å². The maximum absolute atomic E-state index is 11.0. The molecule has 2 aliphatic rings. The average Bonchev–Trinajstić information content (AvgIpc) is 3.15. The molecule has 0 aromatic rings. The van der Waals surface area contributed by atoms with E-state index in [1.165, 1.54) is 23.5 Å². The van der Waals surface area contributed by atoms with E-state index in [4.69, 9.17) is 9.47 Å². The summed E-state index contributed by atoms with van der Waals surface area (Å²) in [4.78, 5) is 23.3. The minimum Gasteiger partial charge on any atom is -0.382 e. The number of imide groups is 1. The molecule has 2 amide bonds. The molecule has 1 fully saturated rings. The smallest absolute Gasteiger partial charge is 0.253 e. The van der Waals surface area contributed by atoms with Crippen LogP contribution in [-0.2, 0) is 19.1 Å². The van der Waals surface area contributed by atoms with E-state index in [1.807, 2.05) is 6.92 Å². The number of hydrogen-bond donors (Lipinski definition) is 0. The van der Waals surface area contributed by atoms with Crippen LogP contribution in [0.3, 0.4) is 0 Å². The van der Waals surface area contributed by atoms with Crippen LogP contribution in [0.5, 0.6) is 0 Å². The molecule has 0 saturated carbocycles. The largest absolute Gasteiger partial charge is 0.382 e. The van der Waals surface area contributed by atoms with Crippen molar-refractivity contribution in [1.29, 1.82) is 0 Å². The molecule has 1 unspecified atom stereocenters. The van der Waals surface area contributed by atoms with E-state index in [2.05, 4.69) is 6.92 Å². The highest BCUT2D eigenvalue weighted by atomic mass is 16.6. The number of carbonyl (C=O) groups excluding carboxylic acids is 2. The predicted molar refractivity (Wildman–Crippen MR) is 73.7 cm³/mol. The number of nitrogens with zero attached hydrogens (tertiary/aromatic N) is 1. The van der Waals surface area contributed by atoms with Gasteiger partial charge >= 0.3 is 0 Å². The van der Waals surface area contributed by atoms with E-state index in [0.717, 1.165) is 6.61 Å². The molecular formula is C14H25NO4. The number of amides is 2. The molecule has 0 aromatic carbocycles. The third-order valence-electron chi connectivity index (χ3n) is 2.63. The second-order valence-electron chi connectivity index (χ2n) is 4.08. The summed E-state index contributed by atoms with van der Waals surface area (Å²) in [5.74, 6) is -0.442. The molecule has 1 atom stereocenters. The van der Waals surface area contributed by atoms with Crippen LogP contribution in [0.1, 0.15) is 34.1 Å². The zero-order valence-electron chi connectivity index (χ0n) is 11.1. The number of ether oxygens (including phenoxy) is 2. The van der Waals surface area contributed by atoms with E-state index >= 15 is 0 Å². The van der Waals surface area contributed by atoms with Crippen LogP contribution in [-0.4, -0.2) is 49.2 Å². The molecule has 5 nitrogen and oxygen atoms in total. The Morgan fingerprint density at radius 1 is 1.32 bits per heavy atom. The molecule has 110 valence electrons. The fourth-order valence-electron chi connectivity index (χ4n) is 1.42. The maximum atomic E-state index is 11.0. The molecule has 1 saturated heterocycles. The topological polar surface area (TPSA) is 59.1 Å². The number of carbonyl (C=O) groups is 2. The Kier molecular flexibility index (Phi) is 9.08. The van der Waals surface area contributed by atoms with Crippen molar-refractivity contribution >= 4 is 11.8 Å². The zero-order chi connectivity index (χ0) is 13.4. The van der Waals surface area contributed by atoms with E-state index < -0.39 is 0 Å². The van der Waals surface area contributed by atoms with Gasteiger partial charge in [0.05, 0.1) is 12.7 Å². The summed E-state index contributed by atoms with van der Waals surface area (Å²) < 4.78 is 9.95. The Hall–Kier alpha value is -1.20. The molecular weight excluding hydrogens is 246 g/mol. The van der Waals surface area contributed by atoms with Crippen molar-refractivity contribution in [1.82, 2.24) is 4.90 Å². The summed E-state index contributed by atoms with van der Waals surface area (Å²) >= 11 is 0. The molecule has 0 aliphatic carbocycles. The Morgan fingerprint density at radius 2 is 1.89 bits per heavy atom. The van der Waals surface area contributed by atoms with Gasteiger partial charge in [0, 0.05) is 31.9 Å². The van der Waals surface area contributed by atoms with Gasteiger partial charge in [-0.2, -0.15) is 0 Å². The van der Waals surface area contributed by atoms with Gasteiger partial charge in [-0.05, 0) is 19.8 Å². The summed E-state index contributed by atoms with van der Waals surface area (Å²) in [7, 11) is 0. The Labute approximate surface area is 115 Å². The van der Waals surface area contributed by atoms with Crippen molar-refractivity contribution in [3.63, 3.8) is 0 Å². The first-order valence-electron chi connectivity index (χ1n) is 6.41. The lowest BCUT2D eigenvalue weighted by Gasteiger charge is -2.12. The summed E-state index contributed by atoms with van der Waals surface area (Å²) in [5, 5.41) is 0. The van der Waals surface area contributed by atoms with Crippen LogP contribution < -0.4 is 0 Å². The second-order valence-corrected chi connectivity index (χ2v) is 4.08. The molecule has 2 rings (SSSR count). The fraction of sp³-hybridized carbons (Fsp3) is 0.714. The molecule has 2 heterocycles. The first-order valence-corrected chi connectivity index (χ1v) is 6.41. The number of rotatable bonds is 6. The minimum absolute atomic E-state index is 0. The van der Waals surface area contributed by atoms with Crippen LogP contribution in [0.2, 0.25) is 0 Å². The lowest BCUT2D eigenvalue weighted by atomic mass is 10.4. The highest BCUT2D eigenvalue weighted by molar-refractivity contribution is 6.12. The highest BCUT2D eigenvalue weighted by Gasteiger charge is 2.22. The first kappa shape index (κ1) is 17.8. The van der Waals surface area contributed by atoms with Crippen molar-refractivity contribution in [3.8, 4) is 0 Å². The van der Waals surface area contributed by atoms with Gasteiger partial charge in [0.15, 0.2) is 0 Å². The Morgan fingerprint density at radius 3 is 2.26 bits per heavy atom. The molecule has 0 radical (unpaired) electrons. The second kappa shape index (κ2) is 9.69. The van der Waals surface area contributed by atoms with Gasteiger partial charge in [-0.25, -0.2) is 0 Å². The van der Waals surface area contributed by atoms with Gasteiger partial charge in [-0.1, -0.05) is 14.4 Å². The monoisotopic (exact) mass is 271 g/mol. The van der Waals surface area contributed by atoms with Gasteiger partial charge in [0.1, 0.15) is 0 Å². The molecule has 0 spiro atoms. The fourth-order valence-corrected chi connectivity index (χ4v) is 1.42. The third-order valence-corrected chi connectivity index (χ3v) is 2.63. The average molecular weight is 271 g/mol. The lowest BCUT2D eigenvalue weighted by molar-refractivity contribution is -0.136. The van der Waals surface area contributed by atoms with Crippen molar-refractivity contribution < 1.29 is 19.1 Å². The first-order chi connectivity index (χ1) is 8.69. The van der Waals surface area contributed by atoms with Crippen LogP contribution in [0.25, 0.3) is 0 Å². The van der Waals surface area contributed by atoms with Crippen molar-refractivity contribution in [2.24, 2.45) is 0 Å². The quantitative estimate of drug-likeness (QED) is 0.420. The molecule has 0 aromatic heterocycles. The van der Waals surface area contributed by atoms with Crippen LogP contribution in [0.15, 0.2) is 12.2 Å². The Bertz CT molecular complexity index is 293. The summed E-state index contributed by atoms with van der Waals surface area (Å²) in [6, 6.07) is 0. The molecule has 0 N–H and O–H groups in total. The van der Waals surface area contributed by atoms with E-state index in [1.54, 1.807) is 0 Å². The highest BCUT2D eigenvalue weighted by Crippen LogP contribution is 2.10. The number of hydrogen-bond acceptors (Lipinski definition) is 4. The molecule has 19 heavy (non-hydrogen) atoms. The zero-order valence-corrected chi connectivity index (χ0v) is 11.1. The van der Waals surface area contributed by atoms with Gasteiger partial charge in [0.2, 0.25) is 0 Å². The van der Waals surface area contributed by atoms with Crippen molar-refractivity contribution in [2.45, 2.75) is 40.2 Å². The third kappa shape index (κ3) is 7.08. The standard InChI is InChI=1S/C9H13NO3.C4H8O.CH4/c1-2-13-7-3-6-10-8(11)4-5-9(10)12;1-2-4-3-5-4;/h4-5H,2-3,6-7H2,1H3;4H,2-3H2,1H3;1H4. The van der Waals surface area contributed by atoms with Gasteiger partial charge in [0.25, 0.3) is 11.8 Å². The van der Waals surface area contributed by atoms with E-state index in [0.29, 0.717) is 32.3 Å². The van der Waals surface area contributed by atoms with E-state index in [-0.39, 0.29) is 19.2 Å². The maximum Gasteiger partial charge on any atom is 0.253 e. The summed E-state index contributed by atoms with van der Waals surface area (Å²) in [5.41, 5.74) is 0. The molecule has 0 bridgehead atoms. The van der Waals surface area contributed by atoms with Gasteiger partial charge in [-0.3, -0.25) is 14.5 Å².